The van der Waals surface area contributed by atoms with Crippen LogP contribution >= 0.6 is 0 Å². The van der Waals surface area contributed by atoms with Crippen molar-refractivity contribution in [2.24, 2.45) is 11.8 Å². The van der Waals surface area contributed by atoms with Gasteiger partial charge in [0.25, 0.3) is 0 Å². The van der Waals surface area contributed by atoms with E-state index in [1.165, 1.54) is 0 Å². The zero-order valence-electron chi connectivity index (χ0n) is 14.2. The largest absolute Gasteiger partial charge is 0.481 e. The van der Waals surface area contributed by atoms with E-state index in [0.717, 1.165) is 19.3 Å². The van der Waals surface area contributed by atoms with Gasteiger partial charge >= 0.3 is 12.0 Å². The van der Waals surface area contributed by atoms with Gasteiger partial charge in [-0.3, -0.25) is 4.79 Å². The van der Waals surface area contributed by atoms with Crippen molar-refractivity contribution >= 4 is 12.0 Å². The van der Waals surface area contributed by atoms with Gasteiger partial charge in [0.05, 0.1) is 0 Å². The van der Waals surface area contributed by atoms with Gasteiger partial charge in [-0.1, -0.05) is 27.2 Å². The Hall–Kier alpha value is -1.26. The molecular weight excluding hydrogens is 268 g/mol. The molecule has 0 aromatic heterocycles. The molecule has 0 aromatic carbocycles. The van der Waals surface area contributed by atoms with Gasteiger partial charge in [0.2, 0.25) is 0 Å². The van der Waals surface area contributed by atoms with E-state index in [4.69, 9.17) is 5.11 Å². The van der Waals surface area contributed by atoms with Crippen molar-refractivity contribution in [1.29, 1.82) is 0 Å². The van der Waals surface area contributed by atoms with Crippen LogP contribution in [-0.2, 0) is 4.79 Å². The molecule has 0 radical (unpaired) electrons. The van der Waals surface area contributed by atoms with E-state index in [9.17, 15) is 9.59 Å². The zero-order chi connectivity index (χ0) is 16.4. The van der Waals surface area contributed by atoms with Crippen molar-refractivity contribution in [1.82, 2.24) is 10.2 Å². The predicted octanol–water partition coefficient (Wildman–Crippen LogP) is 3.34. The number of nitrogens with zero attached hydrogens (tertiary/aromatic N) is 1. The first-order chi connectivity index (χ1) is 9.79. The Balaban J connectivity index is 4.13. The number of urea groups is 1. The van der Waals surface area contributed by atoms with Crippen molar-refractivity contribution in [3.8, 4) is 0 Å². The third kappa shape index (κ3) is 8.58. The summed E-state index contributed by atoms with van der Waals surface area (Å²) in [5, 5.41) is 11.7. The summed E-state index contributed by atoms with van der Waals surface area (Å²) >= 11 is 0. The van der Waals surface area contributed by atoms with Crippen molar-refractivity contribution in [3.63, 3.8) is 0 Å². The highest BCUT2D eigenvalue weighted by Gasteiger charge is 2.17. The zero-order valence-corrected chi connectivity index (χ0v) is 14.2. The lowest BCUT2D eigenvalue weighted by Crippen LogP contribution is -2.43. The number of nitrogens with one attached hydrogen (secondary N) is 1. The maximum absolute atomic E-state index is 12.0. The van der Waals surface area contributed by atoms with Crippen molar-refractivity contribution in [2.75, 3.05) is 13.6 Å². The normalized spacial score (nSPS) is 13.8. The number of carbonyl (C=O) groups excluding carboxylic acids is 1. The lowest BCUT2D eigenvalue weighted by atomic mass is 9.88. The first-order valence-corrected chi connectivity index (χ1v) is 8.02. The number of hydrogen-bond acceptors (Lipinski definition) is 2. The lowest BCUT2D eigenvalue weighted by molar-refractivity contribution is -0.137. The van der Waals surface area contributed by atoms with Crippen LogP contribution in [0.3, 0.4) is 0 Å². The molecule has 0 aliphatic carbocycles. The molecule has 0 aliphatic rings. The van der Waals surface area contributed by atoms with Crippen molar-refractivity contribution in [2.45, 2.75) is 65.8 Å². The van der Waals surface area contributed by atoms with Crippen molar-refractivity contribution < 1.29 is 14.7 Å². The highest BCUT2D eigenvalue weighted by Crippen LogP contribution is 2.20. The molecule has 2 unspecified atom stereocenters. The van der Waals surface area contributed by atoms with E-state index in [0.29, 0.717) is 24.8 Å². The quantitative estimate of drug-likeness (QED) is 0.650. The Bertz CT molecular complexity index is 319. The van der Waals surface area contributed by atoms with Crippen LogP contribution in [0.15, 0.2) is 0 Å². The fraction of sp³-hybridized carbons (Fsp3) is 0.875. The van der Waals surface area contributed by atoms with Gasteiger partial charge in [0.15, 0.2) is 0 Å². The number of hydrogen-bond donors (Lipinski definition) is 2. The number of carboxylic acids is 1. The van der Waals surface area contributed by atoms with E-state index >= 15 is 0 Å². The molecule has 2 atom stereocenters. The smallest absolute Gasteiger partial charge is 0.317 e. The number of aliphatic carboxylic acids is 1. The standard InChI is InChI=1S/C16H32N2O3/c1-6-7-13(4)18(5)16(21)17-11-10-14(12(2)3)8-9-15(19)20/h12-14H,6-11H2,1-5H3,(H,17,21)(H,19,20). The van der Waals surface area contributed by atoms with Gasteiger partial charge in [-0.2, -0.15) is 0 Å². The summed E-state index contributed by atoms with van der Waals surface area (Å²) in [6.07, 6.45) is 3.75. The Morgan fingerprint density at radius 2 is 1.76 bits per heavy atom. The topological polar surface area (TPSA) is 69.6 Å². The van der Waals surface area contributed by atoms with Crippen LogP contribution in [-0.4, -0.2) is 41.6 Å². The second-order valence-electron chi connectivity index (χ2n) is 6.21. The fourth-order valence-electron chi connectivity index (χ4n) is 2.42. The second kappa shape index (κ2) is 10.5. The SMILES string of the molecule is CCCC(C)N(C)C(=O)NCCC(CCC(=O)O)C(C)C. The van der Waals surface area contributed by atoms with Crippen LogP contribution in [0.1, 0.15) is 59.8 Å². The minimum absolute atomic E-state index is 0.0447. The number of carbonyl (C=O) groups is 2. The molecule has 2 amide bonds. The number of rotatable bonds is 10. The summed E-state index contributed by atoms with van der Waals surface area (Å²) in [6, 6.07) is 0.194. The summed E-state index contributed by atoms with van der Waals surface area (Å²) in [5.41, 5.74) is 0. The average Bonchev–Trinajstić information content (AvgIpc) is 2.40. The Labute approximate surface area is 129 Å². The molecule has 21 heavy (non-hydrogen) atoms. The molecule has 0 saturated carbocycles. The van der Waals surface area contributed by atoms with Gasteiger partial charge in [-0.15, -0.1) is 0 Å². The van der Waals surface area contributed by atoms with Crippen LogP contribution < -0.4 is 5.32 Å². The molecule has 0 bridgehead atoms. The van der Waals surface area contributed by atoms with Crippen LogP contribution in [0.25, 0.3) is 0 Å². The Kier molecular flexibility index (Phi) is 9.84. The molecule has 0 spiro atoms. The highest BCUT2D eigenvalue weighted by atomic mass is 16.4. The molecule has 0 aliphatic heterocycles. The van der Waals surface area contributed by atoms with Crippen LogP contribution in [0, 0.1) is 11.8 Å². The monoisotopic (exact) mass is 300 g/mol. The summed E-state index contributed by atoms with van der Waals surface area (Å²) in [5.74, 6) is 0.00979. The highest BCUT2D eigenvalue weighted by molar-refractivity contribution is 5.74. The Morgan fingerprint density at radius 3 is 2.24 bits per heavy atom. The molecule has 0 saturated heterocycles. The first-order valence-electron chi connectivity index (χ1n) is 8.02. The maximum Gasteiger partial charge on any atom is 0.317 e. The van der Waals surface area contributed by atoms with Crippen LogP contribution in [0.4, 0.5) is 4.79 Å². The van der Waals surface area contributed by atoms with E-state index in [1.807, 2.05) is 14.0 Å². The number of amides is 2. The van der Waals surface area contributed by atoms with Gasteiger partial charge < -0.3 is 15.3 Å². The first kappa shape index (κ1) is 19.7. The minimum atomic E-state index is -0.752. The van der Waals surface area contributed by atoms with Gasteiger partial charge in [0, 0.05) is 26.1 Å². The van der Waals surface area contributed by atoms with Gasteiger partial charge in [0.1, 0.15) is 0 Å². The summed E-state index contributed by atoms with van der Waals surface area (Å²) in [4.78, 5) is 24.4. The second-order valence-corrected chi connectivity index (χ2v) is 6.21. The van der Waals surface area contributed by atoms with E-state index < -0.39 is 5.97 Å². The summed E-state index contributed by atoms with van der Waals surface area (Å²) < 4.78 is 0. The molecule has 0 heterocycles. The maximum atomic E-state index is 12.0. The van der Waals surface area contributed by atoms with Crippen molar-refractivity contribution in [3.05, 3.63) is 0 Å². The molecule has 2 N–H and O–H groups in total. The van der Waals surface area contributed by atoms with Gasteiger partial charge in [-0.25, -0.2) is 4.79 Å². The molecule has 0 rings (SSSR count). The van der Waals surface area contributed by atoms with Gasteiger partial charge in [-0.05, 0) is 38.0 Å². The fourth-order valence-corrected chi connectivity index (χ4v) is 2.42. The molecular formula is C16H32N2O3. The van der Waals surface area contributed by atoms with E-state index in [2.05, 4.69) is 26.1 Å². The molecule has 124 valence electrons. The average molecular weight is 300 g/mol. The molecule has 5 nitrogen and oxygen atoms in total. The van der Waals surface area contributed by atoms with Crippen LogP contribution in [0.5, 0.6) is 0 Å². The molecule has 0 aromatic rings. The van der Waals surface area contributed by atoms with E-state index in [1.54, 1.807) is 4.90 Å². The predicted molar refractivity (Wildman–Crippen MR) is 85.3 cm³/mol. The molecule has 0 fully saturated rings. The third-order valence-electron chi connectivity index (χ3n) is 4.15. The van der Waals surface area contributed by atoms with E-state index in [-0.39, 0.29) is 18.5 Å². The Morgan fingerprint density at radius 1 is 1.14 bits per heavy atom. The lowest BCUT2D eigenvalue weighted by Gasteiger charge is -2.26. The third-order valence-corrected chi connectivity index (χ3v) is 4.15. The minimum Gasteiger partial charge on any atom is -0.481 e. The summed E-state index contributed by atoms with van der Waals surface area (Å²) in [6.45, 7) is 8.96. The summed E-state index contributed by atoms with van der Waals surface area (Å²) in [7, 11) is 1.82. The molecule has 5 heteroatoms. The van der Waals surface area contributed by atoms with Crippen LogP contribution in [0.2, 0.25) is 0 Å². The number of carboxylic acid groups (broad SMARTS) is 1.